The number of carbonyl (C=O) groups is 12. The van der Waals surface area contributed by atoms with Crippen molar-refractivity contribution in [2.75, 3.05) is 92.1 Å². The minimum atomic E-state index is -0.738. The van der Waals surface area contributed by atoms with E-state index in [0.717, 1.165) is 123 Å². The van der Waals surface area contributed by atoms with Gasteiger partial charge in [0.15, 0.2) is 25.2 Å². The van der Waals surface area contributed by atoms with Crippen LogP contribution in [0.15, 0.2) is 85.0 Å². The van der Waals surface area contributed by atoms with Gasteiger partial charge < -0.3 is 74.7 Å². The van der Waals surface area contributed by atoms with E-state index in [1.807, 2.05) is 18.2 Å². The molecule has 4 aliphatic carbocycles. The van der Waals surface area contributed by atoms with E-state index in [9.17, 15) is 57.5 Å². The molecule has 0 radical (unpaired) electrons. The summed E-state index contributed by atoms with van der Waals surface area (Å²) < 4.78 is 49.2. The second-order valence-electron chi connectivity index (χ2n) is 27.9. The third kappa shape index (κ3) is 24.0. The molecule has 4 saturated carbocycles. The van der Waals surface area contributed by atoms with Gasteiger partial charge in [0.1, 0.15) is 0 Å². The van der Waals surface area contributed by atoms with Crippen molar-refractivity contribution in [3.8, 4) is 0 Å². The van der Waals surface area contributed by atoms with Gasteiger partial charge in [0.25, 0.3) is 35.4 Å². The Morgan fingerprint density at radius 3 is 0.925 bits per heavy atom. The first-order chi connectivity index (χ1) is 51.1. The third-order valence-electron chi connectivity index (χ3n) is 20.7. The first-order valence-corrected chi connectivity index (χ1v) is 36.7. The van der Waals surface area contributed by atoms with Gasteiger partial charge in [-0.3, -0.25) is 62.6 Å². The van der Waals surface area contributed by atoms with Crippen molar-refractivity contribution in [2.24, 2.45) is 58.8 Å². The minimum absolute atomic E-state index is 0.0238. The molecule has 2 aromatic carbocycles. The van der Waals surface area contributed by atoms with E-state index in [1.54, 1.807) is 0 Å². The van der Waals surface area contributed by atoms with Crippen molar-refractivity contribution in [1.82, 2.24) is 20.0 Å². The number of nitrogens with one attached hydrogen (secondary N) is 1. The smallest absolute Gasteiger partial charge is 0.338 e. The van der Waals surface area contributed by atoms with Crippen molar-refractivity contribution in [1.29, 1.82) is 0 Å². The van der Waals surface area contributed by atoms with Gasteiger partial charge in [-0.2, -0.15) is 0 Å². The number of cyclic esters (lactones) is 2. The second-order valence-corrected chi connectivity index (χ2v) is 27.9. The van der Waals surface area contributed by atoms with Crippen molar-refractivity contribution in [3.05, 3.63) is 118 Å². The zero-order chi connectivity index (χ0) is 75.7. The Labute approximate surface area is 614 Å². The highest BCUT2D eigenvalue weighted by molar-refractivity contribution is 6.14. The minimum Gasteiger partial charge on any atom is -0.481 e. The molecule has 0 aromatic heterocycles. The van der Waals surface area contributed by atoms with Crippen LogP contribution in [0.25, 0.3) is 0 Å². The number of carboxylic acid groups (broad SMARTS) is 3. The zero-order valence-corrected chi connectivity index (χ0v) is 59.5. The van der Waals surface area contributed by atoms with Crippen LogP contribution in [0.3, 0.4) is 0 Å². The van der Waals surface area contributed by atoms with E-state index >= 15 is 0 Å². The number of aliphatic carboxylic acids is 3. The Morgan fingerprint density at radius 1 is 0.368 bits per heavy atom. The summed E-state index contributed by atoms with van der Waals surface area (Å²) in [5.74, 6) is -3.99. The number of ether oxygens (including phenoxy) is 9. The summed E-state index contributed by atoms with van der Waals surface area (Å²) in [6.45, 7) is 7.93. The highest BCUT2D eigenvalue weighted by atomic mass is 16.7. The number of esters is 2. The lowest BCUT2D eigenvalue weighted by atomic mass is 9.81. The standard InChI is InChI=1S/C26H32N2O7.C14H19NO4.2C12H15NO4.C8H15NO2.C4H2O3/c29-22-7-8-23(30)28(22)16-18-1-4-19(5-2-18)24(31)27-10-9-17-3-6-20(25-32-11-12-33-25)21(15-17)26-34-13-14-35-26;15-4-3-10-1-2-11(13-16-5-6-17-13)12(9-10)14-18-7-8-19-14;2*14-10-5-6-11(15)13(10)7-8-1-3-9(4-2-8)12(16)17;9-5-6-1-3-7(4-2-6)8(10)11;5-3-1-2-4(6)7-3/h3,6-8,15,18-19,25-26H,1-2,4-5,9-14,16H2,(H,27,31);1-2,9,13-14H,3-8,15H2;2*5-6,8-9H,1-4,7H2,(H,16,17);6-7H,1-5,9H2,(H,10,11);1-2H. The number of nitrogens with zero attached hydrogens (tertiary/aromatic N) is 3. The van der Waals surface area contributed by atoms with E-state index in [0.29, 0.717) is 130 Å². The molecule has 0 atom stereocenters. The molecule has 106 heavy (non-hydrogen) atoms. The van der Waals surface area contributed by atoms with E-state index < -0.39 is 42.4 Å². The van der Waals surface area contributed by atoms with Gasteiger partial charge in [0, 0.05) is 103 Å². The molecule has 14 rings (SSSR count). The summed E-state index contributed by atoms with van der Waals surface area (Å²) in [5, 5.41) is 29.5. The molecule has 0 bridgehead atoms. The third-order valence-corrected chi connectivity index (χ3v) is 20.7. The largest absolute Gasteiger partial charge is 0.481 e. The normalized spacial score (nSPS) is 26.0. The van der Waals surface area contributed by atoms with Crippen molar-refractivity contribution < 1.29 is 115 Å². The number of carbonyl (C=O) groups excluding carboxylic acids is 9. The number of rotatable bonds is 20. The number of nitrogens with two attached hydrogens (primary N) is 2. The molecule has 12 aliphatic rings. The number of imide groups is 3. The number of carboxylic acids is 3. The van der Waals surface area contributed by atoms with Crippen LogP contribution in [0.1, 0.15) is 161 Å². The Kier molecular flexibility index (Phi) is 31.5. The number of amides is 7. The summed E-state index contributed by atoms with van der Waals surface area (Å²) in [6.07, 6.45) is 22.5. The maximum absolute atomic E-state index is 12.7. The Morgan fingerprint density at radius 2 is 0.651 bits per heavy atom. The molecular formula is C76H98N6O24. The molecule has 30 heteroatoms. The van der Waals surface area contributed by atoms with Gasteiger partial charge in [-0.05, 0) is 163 Å². The molecule has 576 valence electrons. The van der Waals surface area contributed by atoms with E-state index in [-0.39, 0.29) is 95.4 Å². The summed E-state index contributed by atoms with van der Waals surface area (Å²) in [7, 11) is 0. The Balaban J connectivity index is 0.000000158. The van der Waals surface area contributed by atoms with Crippen LogP contribution in [0.4, 0.5) is 0 Å². The summed E-state index contributed by atoms with van der Waals surface area (Å²) in [5.41, 5.74) is 17.2. The van der Waals surface area contributed by atoms with Crippen LogP contribution < -0.4 is 16.8 Å². The molecule has 0 spiro atoms. The van der Waals surface area contributed by atoms with Crippen LogP contribution in [0.2, 0.25) is 0 Å². The van der Waals surface area contributed by atoms with Gasteiger partial charge in [0.05, 0.1) is 70.6 Å². The highest BCUT2D eigenvalue weighted by Crippen LogP contribution is 2.38. The maximum atomic E-state index is 12.7. The number of benzene rings is 2. The molecule has 2 aromatic rings. The van der Waals surface area contributed by atoms with Gasteiger partial charge >= 0.3 is 29.8 Å². The average molecular weight is 1480 g/mol. The average Bonchev–Trinajstić information content (AvgIpc) is 1.56. The summed E-state index contributed by atoms with van der Waals surface area (Å²) >= 11 is 0. The van der Waals surface area contributed by atoms with Gasteiger partial charge in [-0.15, -0.1) is 0 Å². The molecular weight excluding hydrogens is 1380 g/mol. The molecule has 8 heterocycles. The molecule has 4 saturated heterocycles. The fraction of sp³-hybridized carbons (Fsp3) is 0.579. The fourth-order valence-electron chi connectivity index (χ4n) is 14.5. The van der Waals surface area contributed by atoms with Crippen molar-refractivity contribution in [3.63, 3.8) is 0 Å². The molecule has 8 fully saturated rings. The van der Waals surface area contributed by atoms with E-state index in [4.69, 9.17) is 64.7 Å². The molecule has 30 nitrogen and oxygen atoms in total. The van der Waals surface area contributed by atoms with Gasteiger partial charge in [-0.25, -0.2) is 9.59 Å². The van der Waals surface area contributed by atoms with Crippen LogP contribution in [-0.2, 0) is 113 Å². The lowest BCUT2D eigenvalue weighted by Gasteiger charge is -2.30. The molecule has 7 amide bonds. The SMILES string of the molecule is NCC1CCC(C(=O)O)CC1.NCCc1ccc(C2OCCO2)c(C2OCCO2)c1.O=C(NCCc1ccc(C2OCCO2)c(C2OCCO2)c1)C1CCC(CN2C(=O)C=CC2=O)CC1.O=C(O)C1CCC(CN2C(=O)C=CC2=O)CC1.O=C(O)C1CCC(CN2C(=O)C=CC2=O)CC1.O=C1C=CC(=O)O1. The van der Waals surface area contributed by atoms with Crippen LogP contribution in [-0.4, -0.2) is 193 Å². The zero-order valence-electron chi connectivity index (χ0n) is 59.5. The van der Waals surface area contributed by atoms with Crippen molar-refractivity contribution in [2.45, 2.75) is 141 Å². The van der Waals surface area contributed by atoms with E-state index in [1.165, 1.54) is 56.7 Å². The monoisotopic (exact) mass is 1480 g/mol. The Bertz CT molecular complexity index is 3390. The lowest BCUT2D eigenvalue weighted by Crippen LogP contribution is -2.38. The molecule has 8 N–H and O–H groups in total. The number of hydrogen-bond acceptors (Lipinski definition) is 23. The first kappa shape index (κ1) is 81.5. The van der Waals surface area contributed by atoms with E-state index in [2.05, 4.69) is 28.3 Å². The topological polar surface area (TPSA) is 422 Å². The van der Waals surface area contributed by atoms with Crippen molar-refractivity contribution >= 4 is 71.2 Å². The first-order valence-electron chi connectivity index (χ1n) is 36.7. The van der Waals surface area contributed by atoms with Gasteiger partial charge in [-0.1, -0.05) is 36.4 Å². The predicted octanol–water partition coefficient (Wildman–Crippen LogP) is 5.51. The quantitative estimate of drug-likeness (QED) is 0.0540. The van der Waals surface area contributed by atoms with Crippen LogP contribution >= 0.6 is 0 Å². The van der Waals surface area contributed by atoms with Gasteiger partial charge in [0.2, 0.25) is 5.91 Å². The van der Waals surface area contributed by atoms with Crippen LogP contribution in [0, 0.1) is 47.3 Å². The second kappa shape index (κ2) is 41.0. The number of hydrogen-bond donors (Lipinski definition) is 6. The fourth-order valence-corrected chi connectivity index (χ4v) is 14.5. The van der Waals surface area contributed by atoms with Crippen LogP contribution in [0.5, 0.6) is 0 Å². The summed E-state index contributed by atoms with van der Waals surface area (Å²) in [4.78, 5) is 137. The lowest BCUT2D eigenvalue weighted by molar-refractivity contribution is -0.150. The summed E-state index contributed by atoms with van der Waals surface area (Å²) in [6, 6.07) is 12.3. The molecule has 8 aliphatic heterocycles. The molecule has 0 unspecified atom stereocenters. The Hall–Kier alpha value is -8.56. The maximum Gasteiger partial charge on any atom is 0.338 e. The highest BCUT2D eigenvalue weighted by Gasteiger charge is 2.36. The predicted molar refractivity (Wildman–Crippen MR) is 373 cm³/mol.